The average molecular weight is 386 g/mol. The van der Waals surface area contributed by atoms with Crippen LogP contribution in [0.1, 0.15) is 57.1 Å². The van der Waals surface area contributed by atoms with Gasteiger partial charge in [0, 0.05) is 25.4 Å². The van der Waals surface area contributed by atoms with Crippen LogP contribution in [0, 0.1) is 0 Å². The second kappa shape index (κ2) is 8.78. The summed E-state index contributed by atoms with van der Waals surface area (Å²) in [6.07, 6.45) is 5.78. The third-order valence-corrected chi connectivity index (χ3v) is 5.64. The zero-order chi connectivity index (χ0) is 20.3. The van der Waals surface area contributed by atoms with E-state index >= 15 is 0 Å². The van der Waals surface area contributed by atoms with Crippen molar-refractivity contribution >= 4 is 17.5 Å². The fraction of sp³-hybridized carbons (Fsp3) is 0.545. The first-order chi connectivity index (χ1) is 13.4. The maximum atomic E-state index is 12.6. The van der Waals surface area contributed by atoms with Crippen LogP contribution >= 0.6 is 0 Å². The molecule has 0 aromatic heterocycles. The van der Waals surface area contributed by atoms with Gasteiger partial charge in [0.05, 0.1) is 18.7 Å². The summed E-state index contributed by atoms with van der Waals surface area (Å²) < 4.78 is 0. The van der Waals surface area contributed by atoms with Gasteiger partial charge in [-0.1, -0.05) is 30.3 Å². The van der Waals surface area contributed by atoms with Crippen LogP contribution in [0.2, 0.25) is 0 Å². The Labute approximate surface area is 167 Å². The number of nitrogens with one attached hydrogen (secondary N) is 2. The van der Waals surface area contributed by atoms with Crippen LogP contribution in [-0.4, -0.2) is 53.2 Å². The van der Waals surface area contributed by atoms with Crippen molar-refractivity contribution in [1.29, 1.82) is 0 Å². The molecule has 1 aromatic rings. The first-order valence-electron chi connectivity index (χ1n) is 10.2. The molecule has 1 heterocycles. The number of benzene rings is 1. The summed E-state index contributed by atoms with van der Waals surface area (Å²) >= 11 is 0. The zero-order valence-electron chi connectivity index (χ0n) is 16.9. The van der Waals surface area contributed by atoms with Gasteiger partial charge in [-0.3, -0.25) is 4.79 Å². The third-order valence-electron chi connectivity index (χ3n) is 5.64. The van der Waals surface area contributed by atoms with E-state index in [2.05, 4.69) is 41.0 Å². The highest BCUT2D eigenvalue weighted by atomic mass is 16.3. The number of rotatable bonds is 6. The highest BCUT2D eigenvalue weighted by Crippen LogP contribution is 2.41. The lowest BCUT2D eigenvalue weighted by molar-refractivity contribution is -0.119. The Balaban J connectivity index is 1.81. The van der Waals surface area contributed by atoms with E-state index in [0.717, 1.165) is 18.4 Å². The number of carbonyl (C=O) groups excluding carboxylic acids is 2. The van der Waals surface area contributed by atoms with E-state index in [4.69, 9.17) is 0 Å². The summed E-state index contributed by atoms with van der Waals surface area (Å²) in [5.41, 5.74) is 3.73. The molecule has 3 atom stereocenters. The van der Waals surface area contributed by atoms with Crippen LogP contribution < -0.4 is 10.6 Å². The third kappa shape index (κ3) is 4.22. The van der Waals surface area contributed by atoms with Crippen LogP contribution in [-0.2, 0) is 4.79 Å². The molecule has 3 amide bonds. The molecule has 1 aliphatic heterocycles. The van der Waals surface area contributed by atoms with Gasteiger partial charge >= 0.3 is 6.03 Å². The Morgan fingerprint density at radius 1 is 1.21 bits per heavy atom. The predicted molar refractivity (Wildman–Crippen MR) is 110 cm³/mol. The molecule has 2 aliphatic rings. The number of hydrogen-bond donors (Lipinski definition) is 3. The highest BCUT2D eigenvalue weighted by Gasteiger charge is 2.51. The van der Waals surface area contributed by atoms with Gasteiger partial charge in [-0.2, -0.15) is 0 Å². The van der Waals surface area contributed by atoms with Crippen molar-refractivity contribution < 1.29 is 14.7 Å². The summed E-state index contributed by atoms with van der Waals surface area (Å²) in [4.78, 5) is 25.8. The number of aliphatic hydroxyl groups excluding tert-OH is 1. The molecule has 0 spiro atoms. The molecule has 0 radical (unpaired) electrons. The van der Waals surface area contributed by atoms with Crippen LogP contribution in [0.15, 0.2) is 30.3 Å². The van der Waals surface area contributed by atoms with E-state index in [1.54, 1.807) is 4.90 Å². The second-order valence-electron chi connectivity index (χ2n) is 8.04. The Morgan fingerprint density at radius 3 is 2.46 bits per heavy atom. The van der Waals surface area contributed by atoms with E-state index in [-0.39, 0.29) is 42.6 Å². The Bertz CT molecular complexity index is 742. The van der Waals surface area contributed by atoms with Crippen LogP contribution in [0.4, 0.5) is 4.79 Å². The number of hydrogen-bond acceptors (Lipinski definition) is 3. The lowest BCUT2D eigenvalue weighted by Gasteiger charge is -2.54. The number of likely N-dealkylation sites (tertiary alicyclic amines) is 1. The second-order valence-corrected chi connectivity index (χ2v) is 8.04. The Morgan fingerprint density at radius 2 is 1.93 bits per heavy atom. The number of aliphatic hydroxyl groups is 1. The van der Waals surface area contributed by atoms with Gasteiger partial charge in [-0.25, -0.2) is 4.79 Å². The van der Waals surface area contributed by atoms with E-state index < -0.39 is 0 Å². The Kier molecular flexibility index (Phi) is 6.39. The van der Waals surface area contributed by atoms with Gasteiger partial charge in [-0.15, -0.1) is 0 Å². The molecule has 1 fully saturated rings. The smallest absolute Gasteiger partial charge is 0.318 e. The molecule has 1 saturated heterocycles. The summed E-state index contributed by atoms with van der Waals surface area (Å²) in [6, 6.07) is 7.78. The summed E-state index contributed by atoms with van der Waals surface area (Å²) in [7, 11) is 0. The first-order valence-corrected chi connectivity index (χ1v) is 10.2. The van der Waals surface area contributed by atoms with Gasteiger partial charge in [0.1, 0.15) is 0 Å². The first kappa shape index (κ1) is 20.4. The predicted octanol–water partition coefficient (Wildman–Crippen LogP) is 2.64. The van der Waals surface area contributed by atoms with E-state index in [1.807, 2.05) is 13.8 Å². The number of allylic oxidation sites excluding steroid dienone is 2. The zero-order valence-corrected chi connectivity index (χ0v) is 16.9. The molecule has 3 rings (SSSR count). The van der Waals surface area contributed by atoms with Crippen LogP contribution in [0.5, 0.6) is 0 Å². The van der Waals surface area contributed by atoms with Crippen molar-refractivity contribution in [3.8, 4) is 0 Å². The molecule has 1 aromatic carbocycles. The van der Waals surface area contributed by atoms with E-state index in [0.29, 0.717) is 6.54 Å². The van der Waals surface area contributed by atoms with Crippen molar-refractivity contribution in [2.45, 2.75) is 64.1 Å². The summed E-state index contributed by atoms with van der Waals surface area (Å²) in [6.45, 7) is 5.54. The van der Waals surface area contributed by atoms with Crippen molar-refractivity contribution in [3.05, 3.63) is 41.5 Å². The molecule has 6 nitrogen and oxygen atoms in total. The summed E-state index contributed by atoms with van der Waals surface area (Å²) in [5.74, 6) is -0.139. The van der Waals surface area contributed by atoms with Gasteiger partial charge in [0.15, 0.2) is 0 Å². The molecule has 3 N–H and O–H groups in total. The number of nitrogens with zero attached hydrogens (tertiary/aromatic N) is 1. The fourth-order valence-electron chi connectivity index (χ4n) is 4.34. The lowest BCUT2D eigenvalue weighted by Crippen LogP contribution is -2.70. The number of urea groups is 1. The molecular weight excluding hydrogens is 354 g/mol. The Hall–Kier alpha value is -2.34. The lowest BCUT2D eigenvalue weighted by atomic mass is 9.75. The molecular formula is C22H31N3O3. The van der Waals surface area contributed by atoms with E-state index in [1.165, 1.54) is 24.5 Å². The maximum Gasteiger partial charge on any atom is 0.318 e. The van der Waals surface area contributed by atoms with Crippen molar-refractivity contribution in [2.24, 2.45) is 0 Å². The van der Waals surface area contributed by atoms with Crippen molar-refractivity contribution in [1.82, 2.24) is 15.5 Å². The largest absolute Gasteiger partial charge is 0.394 e. The van der Waals surface area contributed by atoms with Gasteiger partial charge in [0.25, 0.3) is 0 Å². The minimum absolute atomic E-state index is 0.00581. The van der Waals surface area contributed by atoms with Gasteiger partial charge in [-0.05, 0) is 49.8 Å². The average Bonchev–Trinajstić information content (AvgIpc) is 3.15. The minimum Gasteiger partial charge on any atom is -0.394 e. The quantitative estimate of drug-likeness (QED) is 0.704. The van der Waals surface area contributed by atoms with Gasteiger partial charge in [0.2, 0.25) is 5.91 Å². The van der Waals surface area contributed by atoms with Crippen LogP contribution in [0.25, 0.3) is 5.57 Å². The molecule has 152 valence electrons. The van der Waals surface area contributed by atoms with Crippen molar-refractivity contribution in [3.63, 3.8) is 0 Å². The topological polar surface area (TPSA) is 81.7 Å². The summed E-state index contributed by atoms with van der Waals surface area (Å²) in [5, 5.41) is 15.7. The number of amides is 3. The molecule has 6 heteroatoms. The van der Waals surface area contributed by atoms with Gasteiger partial charge < -0.3 is 20.6 Å². The molecule has 0 saturated carbocycles. The molecule has 1 aliphatic carbocycles. The van der Waals surface area contributed by atoms with Crippen LogP contribution in [0.3, 0.4) is 0 Å². The number of carbonyl (C=O) groups is 2. The molecule has 0 bridgehead atoms. The molecule has 0 unspecified atom stereocenters. The van der Waals surface area contributed by atoms with Crippen molar-refractivity contribution in [2.75, 3.05) is 13.2 Å². The maximum absolute atomic E-state index is 12.6. The standard InChI is InChI=1S/C22H31N3O3/c1-14(2)24-22(28)25-19(12-23-15(3)27)21(20(25)13-26)18-10-8-17(9-11-18)16-6-4-5-7-16/h6,8-11,14,19-21,26H,4-5,7,12-13H2,1-3H3,(H,23,27)(H,24,28)/t19-,20+,21+/m1/s1. The minimum atomic E-state index is -0.297. The normalized spacial score (nSPS) is 24.0. The highest BCUT2D eigenvalue weighted by molar-refractivity contribution is 5.78. The SMILES string of the molecule is CC(=O)NC[C@@H]1[C@H](c2ccc(C3=CCCC3)cc2)[C@H](CO)N1C(=O)NC(C)C. The molecule has 28 heavy (non-hydrogen) atoms. The fourth-order valence-corrected chi connectivity index (χ4v) is 4.34. The van der Waals surface area contributed by atoms with E-state index in [9.17, 15) is 14.7 Å². The monoisotopic (exact) mass is 385 g/mol.